The van der Waals surface area contributed by atoms with Crippen molar-refractivity contribution in [1.82, 2.24) is 14.8 Å². The number of nitrogens with zero attached hydrogens (tertiary/aromatic N) is 4. The van der Waals surface area contributed by atoms with E-state index in [2.05, 4.69) is 25.0 Å². The molecule has 28 heavy (non-hydrogen) atoms. The van der Waals surface area contributed by atoms with Crippen LogP contribution in [0.2, 0.25) is 0 Å². The summed E-state index contributed by atoms with van der Waals surface area (Å²) in [7, 11) is 1.33. The van der Waals surface area contributed by atoms with Gasteiger partial charge in [0.15, 0.2) is 5.16 Å². The first-order valence-electron chi connectivity index (χ1n) is 9.45. The van der Waals surface area contributed by atoms with E-state index in [0.29, 0.717) is 16.6 Å². The van der Waals surface area contributed by atoms with Crippen molar-refractivity contribution in [2.75, 3.05) is 36.2 Å². The number of methoxy groups -OCH3 is 1. The molecule has 0 bridgehead atoms. The molecule has 1 saturated carbocycles. The summed E-state index contributed by atoms with van der Waals surface area (Å²) < 4.78 is 6.95. The zero-order chi connectivity index (χ0) is 19.5. The molecular weight excluding hydrogens is 398 g/mol. The number of hydrogen-bond acceptors (Lipinski definition) is 8. The molecule has 2 aliphatic rings. The molecule has 150 valence electrons. The smallest absolute Gasteiger partial charge is 0.350 e. The minimum atomic E-state index is -0.447. The molecule has 0 atom stereocenters. The van der Waals surface area contributed by atoms with Gasteiger partial charge in [-0.1, -0.05) is 11.8 Å². The van der Waals surface area contributed by atoms with Crippen molar-refractivity contribution in [3.63, 3.8) is 0 Å². The van der Waals surface area contributed by atoms with Crippen molar-refractivity contribution in [3.8, 4) is 0 Å². The van der Waals surface area contributed by atoms with E-state index in [1.807, 2.05) is 0 Å². The lowest BCUT2D eigenvalue weighted by atomic mass is 10.1. The Balaban J connectivity index is 1.41. The second kappa shape index (κ2) is 8.52. The third kappa shape index (κ3) is 4.17. The highest BCUT2D eigenvalue weighted by molar-refractivity contribution is 7.99. The molecular formula is C18H23N5O3S2. The maximum absolute atomic E-state index is 12.4. The third-order valence-corrected chi connectivity index (χ3v) is 6.68. The summed E-state index contributed by atoms with van der Waals surface area (Å²) in [6, 6.07) is 2.15. The van der Waals surface area contributed by atoms with E-state index >= 15 is 0 Å². The molecule has 2 aromatic rings. The predicted octanol–water partition coefficient (Wildman–Crippen LogP) is 3.18. The zero-order valence-electron chi connectivity index (χ0n) is 15.7. The van der Waals surface area contributed by atoms with Gasteiger partial charge in [-0.2, -0.15) is 0 Å². The highest BCUT2D eigenvalue weighted by atomic mass is 32.2. The number of piperidine rings is 1. The first kappa shape index (κ1) is 19.3. The minimum absolute atomic E-state index is 0.182. The van der Waals surface area contributed by atoms with Crippen LogP contribution in [-0.4, -0.2) is 52.6 Å². The average Bonchev–Trinajstić information content (AvgIpc) is 3.30. The van der Waals surface area contributed by atoms with Crippen LogP contribution in [0.5, 0.6) is 0 Å². The van der Waals surface area contributed by atoms with Gasteiger partial charge in [0, 0.05) is 19.1 Å². The molecule has 10 heteroatoms. The first-order chi connectivity index (χ1) is 13.7. The van der Waals surface area contributed by atoms with Crippen LogP contribution in [0.1, 0.15) is 47.8 Å². The van der Waals surface area contributed by atoms with E-state index in [1.165, 1.54) is 49.5 Å². The molecule has 4 rings (SSSR count). The van der Waals surface area contributed by atoms with Gasteiger partial charge in [0.05, 0.1) is 18.6 Å². The predicted molar refractivity (Wildman–Crippen MR) is 109 cm³/mol. The van der Waals surface area contributed by atoms with E-state index in [9.17, 15) is 9.59 Å². The third-order valence-electron chi connectivity index (χ3n) is 4.84. The van der Waals surface area contributed by atoms with Gasteiger partial charge in [0.1, 0.15) is 4.88 Å². The number of carbonyl (C=O) groups excluding carboxylic acids is 2. The Morgan fingerprint density at radius 1 is 1.29 bits per heavy atom. The van der Waals surface area contributed by atoms with Crippen molar-refractivity contribution < 1.29 is 14.3 Å². The number of hydrogen-bond donors (Lipinski definition) is 1. The molecule has 1 aliphatic heterocycles. The molecule has 1 aliphatic carbocycles. The van der Waals surface area contributed by atoms with E-state index in [1.54, 1.807) is 11.4 Å². The van der Waals surface area contributed by atoms with Crippen molar-refractivity contribution in [1.29, 1.82) is 0 Å². The fraction of sp³-hybridized carbons (Fsp3) is 0.556. The molecule has 3 heterocycles. The van der Waals surface area contributed by atoms with Crippen molar-refractivity contribution in [2.45, 2.75) is 43.3 Å². The van der Waals surface area contributed by atoms with Gasteiger partial charge >= 0.3 is 5.97 Å². The summed E-state index contributed by atoms with van der Waals surface area (Å²) in [6.07, 6.45) is 5.91. The number of amides is 1. The number of anilines is 2. The molecule has 8 nitrogen and oxygen atoms in total. The molecule has 0 radical (unpaired) electrons. The Bertz CT molecular complexity index is 855. The fourth-order valence-electron chi connectivity index (χ4n) is 3.30. The highest BCUT2D eigenvalue weighted by Crippen LogP contribution is 2.41. The van der Waals surface area contributed by atoms with E-state index in [4.69, 9.17) is 4.74 Å². The van der Waals surface area contributed by atoms with Crippen molar-refractivity contribution in [3.05, 3.63) is 16.3 Å². The molecule has 0 aromatic carbocycles. The lowest BCUT2D eigenvalue weighted by Crippen LogP contribution is -2.32. The number of rotatable bonds is 7. The highest BCUT2D eigenvalue weighted by Gasteiger charge is 2.32. The van der Waals surface area contributed by atoms with E-state index < -0.39 is 5.97 Å². The molecule has 2 fully saturated rings. The van der Waals surface area contributed by atoms with Crippen LogP contribution in [0.25, 0.3) is 0 Å². The Morgan fingerprint density at radius 3 is 2.79 bits per heavy atom. The van der Waals surface area contributed by atoms with Crippen LogP contribution in [0.15, 0.2) is 16.6 Å². The largest absolute Gasteiger partial charge is 0.465 e. The molecule has 1 saturated heterocycles. The summed E-state index contributed by atoms with van der Waals surface area (Å²) in [5, 5.41) is 14.1. The van der Waals surface area contributed by atoms with Crippen molar-refractivity contribution in [2.24, 2.45) is 0 Å². The van der Waals surface area contributed by atoms with Gasteiger partial charge in [-0.05, 0) is 43.6 Å². The van der Waals surface area contributed by atoms with Gasteiger partial charge in [0.25, 0.3) is 0 Å². The maximum Gasteiger partial charge on any atom is 0.350 e. The molecule has 2 aromatic heterocycles. The second-order valence-electron chi connectivity index (χ2n) is 6.92. The molecule has 0 unspecified atom stereocenters. The zero-order valence-corrected chi connectivity index (χ0v) is 17.4. The Kier molecular flexibility index (Phi) is 5.86. The number of esters is 1. The number of nitrogens with one attached hydrogen (secondary N) is 1. The van der Waals surface area contributed by atoms with Gasteiger partial charge in [0.2, 0.25) is 11.9 Å². The van der Waals surface area contributed by atoms with Crippen LogP contribution in [0.3, 0.4) is 0 Å². The number of carbonyl (C=O) groups is 2. The summed E-state index contributed by atoms with van der Waals surface area (Å²) >= 11 is 2.63. The van der Waals surface area contributed by atoms with Crippen LogP contribution in [0.4, 0.5) is 11.6 Å². The SMILES string of the molecule is COC(=O)c1sccc1NC(=O)CSc1nnc(N2CCCCC2)n1C1CC1. The van der Waals surface area contributed by atoms with Gasteiger partial charge < -0.3 is 15.0 Å². The Hall–Kier alpha value is -2.07. The summed E-state index contributed by atoms with van der Waals surface area (Å²) in [5.41, 5.74) is 0.486. The summed E-state index contributed by atoms with van der Waals surface area (Å²) in [5.74, 6) is 0.522. The summed E-state index contributed by atoms with van der Waals surface area (Å²) in [4.78, 5) is 26.9. The monoisotopic (exact) mass is 421 g/mol. The first-order valence-corrected chi connectivity index (χ1v) is 11.3. The Morgan fingerprint density at radius 2 is 2.07 bits per heavy atom. The maximum atomic E-state index is 12.4. The average molecular weight is 422 g/mol. The van der Waals surface area contributed by atoms with E-state index in [-0.39, 0.29) is 11.7 Å². The molecule has 1 amide bonds. The standard InChI is InChI=1S/C18H23N5O3S2/c1-26-16(25)15-13(7-10-27-15)19-14(24)11-28-18-21-20-17(23(18)12-5-6-12)22-8-3-2-4-9-22/h7,10,12H,2-6,8-9,11H2,1H3,(H,19,24). The molecule has 1 N–H and O–H groups in total. The van der Waals surface area contributed by atoms with E-state index in [0.717, 1.165) is 37.0 Å². The van der Waals surface area contributed by atoms with Crippen molar-refractivity contribution >= 4 is 46.6 Å². The normalized spacial score (nSPS) is 16.8. The topological polar surface area (TPSA) is 89.3 Å². The number of thiophene rings is 1. The number of aromatic nitrogens is 3. The van der Waals surface area contributed by atoms with Gasteiger partial charge in [-0.3, -0.25) is 9.36 Å². The lowest BCUT2D eigenvalue weighted by Gasteiger charge is -2.27. The van der Waals surface area contributed by atoms with Crippen LogP contribution in [-0.2, 0) is 9.53 Å². The number of ether oxygens (including phenoxy) is 1. The van der Waals surface area contributed by atoms with Gasteiger partial charge in [-0.15, -0.1) is 21.5 Å². The lowest BCUT2D eigenvalue weighted by molar-refractivity contribution is -0.113. The number of thioether (sulfide) groups is 1. The fourth-order valence-corrected chi connectivity index (χ4v) is 4.87. The Labute approximate surface area is 171 Å². The van der Waals surface area contributed by atoms with Crippen LogP contribution < -0.4 is 10.2 Å². The second-order valence-corrected chi connectivity index (χ2v) is 8.78. The quantitative estimate of drug-likeness (QED) is 0.542. The van der Waals surface area contributed by atoms with Crippen LogP contribution in [0, 0.1) is 0 Å². The minimum Gasteiger partial charge on any atom is -0.465 e. The van der Waals surface area contributed by atoms with Gasteiger partial charge in [-0.25, -0.2) is 4.79 Å². The summed E-state index contributed by atoms with van der Waals surface area (Å²) in [6.45, 7) is 2.04. The van der Waals surface area contributed by atoms with Crippen LogP contribution >= 0.6 is 23.1 Å². The molecule has 0 spiro atoms.